The molecule has 1 aliphatic heterocycles. The Balaban J connectivity index is 1.37. The highest BCUT2D eigenvalue weighted by molar-refractivity contribution is 7.09. The lowest BCUT2D eigenvalue weighted by atomic mass is 9.97. The number of likely N-dealkylation sites (tertiary alicyclic amines) is 1. The summed E-state index contributed by atoms with van der Waals surface area (Å²) in [5, 5.41) is 6.99. The molecule has 3 rings (SSSR count). The lowest BCUT2D eigenvalue weighted by Crippen LogP contribution is -2.37. The molecule has 0 amide bonds. The van der Waals surface area contributed by atoms with Crippen molar-refractivity contribution in [3.8, 4) is 0 Å². The summed E-state index contributed by atoms with van der Waals surface area (Å²) in [5.41, 5.74) is 0. The van der Waals surface area contributed by atoms with Crippen LogP contribution in [0.5, 0.6) is 0 Å². The number of thiazole rings is 1. The fourth-order valence-corrected chi connectivity index (χ4v) is 3.15. The molecule has 0 atom stereocenters. The number of hydrogen-bond donors (Lipinski definition) is 1. The van der Waals surface area contributed by atoms with Gasteiger partial charge in [0.05, 0.1) is 6.54 Å². The van der Waals surface area contributed by atoms with Gasteiger partial charge < -0.3 is 5.32 Å². The SMILES string of the molecule is c1csc(CN2CCC(CNC3CC3)CC2)n1. The molecule has 1 aliphatic carbocycles. The third-order valence-corrected chi connectivity index (χ3v) is 4.59. The van der Waals surface area contributed by atoms with Crippen LogP contribution < -0.4 is 5.32 Å². The van der Waals surface area contributed by atoms with Crippen molar-refractivity contribution in [3.63, 3.8) is 0 Å². The van der Waals surface area contributed by atoms with Crippen molar-refractivity contribution in [2.45, 2.75) is 38.3 Å². The Morgan fingerprint density at radius 3 is 2.76 bits per heavy atom. The standard InChI is InChI=1S/C13H21N3S/c1-2-12(1)15-9-11-3-6-16(7-4-11)10-13-14-5-8-17-13/h5,8,11-12,15H,1-4,6-7,9-10H2. The van der Waals surface area contributed by atoms with Crippen LogP contribution in [0, 0.1) is 5.92 Å². The Hall–Kier alpha value is -0.450. The number of aromatic nitrogens is 1. The van der Waals surface area contributed by atoms with E-state index in [4.69, 9.17) is 0 Å². The molecule has 0 radical (unpaired) electrons. The predicted octanol–water partition coefficient (Wildman–Crippen LogP) is 2.11. The Morgan fingerprint density at radius 1 is 1.29 bits per heavy atom. The Morgan fingerprint density at radius 2 is 2.12 bits per heavy atom. The molecule has 1 aromatic rings. The Labute approximate surface area is 107 Å². The molecule has 1 aromatic heterocycles. The van der Waals surface area contributed by atoms with Gasteiger partial charge in [-0.15, -0.1) is 11.3 Å². The third kappa shape index (κ3) is 3.50. The molecule has 1 saturated heterocycles. The van der Waals surface area contributed by atoms with Gasteiger partial charge in [0.15, 0.2) is 0 Å². The van der Waals surface area contributed by atoms with E-state index in [2.05, 4.69) is 20.6 Å². The Bertz CT molecular complexity index is 326. The van der Waals surface area contributed by atoms with Gasteiger partial charge in [0.1, 0.15) is 5.01 Å². The van der Waals surface area contributed by atoms with Gasteiger partial charge in [-0.05, 0) is 51.2 Å². The summed E-state index contributed by atoms with van der Waals surface area (Å²) < 4.78 is 0. The monoisotopic (exact) mass is 251 g/mol. The fraction of sp³-hybridized carbons (Fsp3) is 0.769. The van der Waals surface area contributed by atoms with Crippen LogP contribution in [0.4, 0.5) is 0 Å². The molecule has 0 bridgehead atoms. The molecule has 2 aliphatic rings. The van der Waals surface area contributed by atoms with Gasteiger partial charge >= 0.3 is 0 Å². The van der Waals surface area contributed by atoms with Crippen molar-refractivity contribution in [1.29, 1.82) is 0 Å². The highest BCUT2D eigenvalue weighted by Crippen LogP contribution is 2.22. The second kappa shape index (κ2) is 5.46. The van der Waals surface area contributed by atoms with Gasteiger partial charge in [-0.2, -0.15) is 0 Å². The van der Waals surface area contributed by atoms with E-state index in [0.29, 0.717) is 0 Å². The minimum absolute atomic E-state index is 0.864. The molecule has 3 nitrogen and oxygen atoms in total. The van der Waals surface area contributed by atoms with Crippen molar-refractivity contribution in [2.75, 3.05) is 19.6 Å². The van der Waals surface area contributed by atoms with Gasteiger partial charge in [0.2, 0.25) is 0 Å². The predicted molar refractivity (Wildman–Crippen MR) is 71.1 cm³/mol. The highest BCUT2D eigenvalue weighted by Gasteiger charge is 2.24. The Kier molecular flexibility index (Phi) is 3.74. The third-order valence-electron chi connectivity index (χ3n) is 3.82. The second-order valence-corrected chi connectivity index (χ2v) is 6.31. The van der Waals surface area contributed by atoms with Gasteiger partial charge in [-0.3, -0.25) is 4.90 Å². The summed E-state index contributed by atoms with van der Waals surface area (Å²) in [6.45, 7) is 4.80. The molecule has 2 fully saturated rings. The lowest BCUT2D eigenvalue weighted by molar-refractivity contribution is 0.175. The van der Waals surface area contributed by atoms with Crippen LogP contribution in [0.1, 0.15) is 30.7 Å². The molecule has 4 heteroatoms. The zero-order valence-electron chi connectivity index (χ0n) is 10.3. The van der Waals surface area contributed by atoms with Gasteiger partial charge in [0.25, 0.3) is 0 Å². The van der Waals surface area contributed by atoms with E-state index in [1.54, 1.807) is 11.3 Å². The van der Waals surface area contributed by atoms with Crippen molar-refractivity contribution in [1.82, 2.24) is 15.2 Å². The van der Waals surface area contributed by atoms with Crippen LogP contribution >= 0.6 is 11.3 Å². The summed E-state index contributed by atoms with van der Waals surface area (Å²) >= 11 is 1.77. The van der Waals surface area contributed by atoms with Crippen LogP contribution in [-0.4, -0.2) is 35.6 Å². The molecular formula is C13H21N3S. The summed E-state index contributed by atoms with van der Waals surface area (Å²) in [5.74, 6) is 0.906. The van der Waals surface area contributed by atoms with E-state index in [1.165, 1.54) is 50.3 Å². The topological polar surface area (TPSA) is 28.2 Å². The summed E-state index contributed by atoms with van der Waals surface area (Å²) in [6.07, 6.45) is 7.42. The average Bonchev–Trinajstić information content (AvgIpc) is 3.05. The fourth-order valence-electron chi connectivity index (χ4n) is 2.49. The minimum Gasteiger partial charge on any atom is -0.314 e. The summed E-state index contributed by atoms with van der Waals surface area (Å²) in [7, 11) is 0. The van der Waals surface area contributed by atoms with Crippen LogP contribution in [0.3, 0.4) is 0 Å². The van der Waals surface area contributed by atoms with Crippen molar-refractivity contribution >= 4 is 11.3 Å². The quantitative estimate of drug-likeness (QED) is 0.869. The largest absolute Gasteiger partial charge is 0.314 e. The average molecular weight is 251 g/mol. The van der Waals surface area contributed by atoms with Gasteiger partial charge in [-0.1, -0.05) is 0 Å². The maximum absolute atomic E-state index is 4.36. The van der Waals surface area contributed by atoms with Crippen LogP contribution in [0.15, 0.2) is 11.6 Å². The summed E-state index contributed by atoms with van der Waals surface area (Å²) in [6, 6.07) is 0.864. The van der Waals surface area contributed by atoms with Crippen molar-refractivity contribution < 1.29 is 0 Å². The molecule has 0 aromatic carbocycles. The zero-order chi connectivity index (χ0) is 11.5. The van der Waals surface area contributed by atoms with E-state index in [-0.39, 0.29) is 0 Å². The first-order valence-electron chi connectivity index (χ1n) is 6.74. The maximum atomic E-state index is 4.36. The number of nitrogens with one attached hydrogen (secondary N) is 1. The van der Waals surface area contributed by atoms with Gasteiger partial charge in [0, 0.05) is 17.6 Å². The van der Waals surface area contributed by atoms with Crippen molar-refractivity contribution in [3.05, 3.63) is 16.6 Å². The lowest BCUT2D eigenvalue weighted by Gasteiger charge is -2.31. The number of nitrogens with zero attached hydrogens (tertiary/aromatic N) is 2. The molecule has 1 N–H and O–H groups in total. The smallest absolute Gasteiger partial charge is 0.107 e. The van der Waals surface area contributed by atoms with E-state index in [1.807, 2.05) is 6.20 Å². The van der Waals surface area contributed by atoms with Crippen LogP contribution in [0.25, 0.3) is 0 Å². The number of rotatable bonds is 5. The number of hydrogen-bond acceptors (Lipinski definition) is 4. The minimum atomic E-state index is 0.864. The molecule has 1 saturated carbocycles. The molecular weight excluding hydrogens is 230 g/mol. The van der Waals surface area contributed by atoms with E-state index in [9.17, 15) is 0 Å². The molecule has 94 valence electrons. The zero-order valence-corrected chi connectivity index (χ0v) is 11.1. The molecule has 17 heavy (non-hydrogen) atoms. The van der Waals surface area contributed by atoms with Gasteiger partial charge in [-0.25, -0.2) is 4.98 Å². The summed E-state index contributed by atoms with van der Waals surface area (Å²) in [4.78, 5) is 6.91. The van der Waals surface area contributed by atoms with Crippen LogP contribution in [0.2, 0.25) is 0 Å². The first-order valence-corrected chi connectivity index (χ1v) is 7.62. The highest BCUT2D eigenvalue weighted by atomic mass is 32.1. The van der Waals surface area contributed by atoms with E-state index in [0.717, 1.165) is 18.5 Å². The first-order chi connectivity index (χ1) is 8.40. The van der Waals surface area contributed by atoms with Crippen molar-refractivity contribution in [2.24, 2.45) is 5.92 Å². The van der Waals surface area contributed by atoms with Crippen LogP contribution in [-0.2, 0) is 6.54 Å². The maximum Gasteiger partial charge on any atom is 0.107 e. The molecule has 0 spiro atoms. The number of piperidine rings is 1. The normalized spacial score (nSPS) is 23.1. The first kappa shape index (κ1) is 11.6. The van der Waals surface area contributed by atoms with E-state index < -0.39 is 0 Å². The molecule has 0 unspecified atom stereocenters. The van der Waals surface area contributed by atoms with E-state index >= 15 is 0 Å². The molecule has 2 heterocycles. The second-order valence-electron chi connectivity index (χ2n) is 5.33.